The van der Waals surface area contributed by atoms with Gasteiger partial charge in [-0.25, -0.2) is 4.68 Å². The summed E-state index contributed by atoms with van der Waals surface area (Å²) in [5.41, 5.74) is 1.55. The van der Waals surface area contributed by atoms with Gasteiger partial charge in [0, 0.05) is 12.1 Å². The second-order valence-corrected chi connectivity index (χ2v) is 7.67. The molecular weight excluding hydrogens is 370 g/mol. The molecule has 0 saturated heterocycles. The number of aromatic amines is 1. The molecular formula is C21H33N5OS. The molecule has 0 unspecified atom stereocenters. The standard InChI is InChI=1S/C21H33N5OS/c1-2-3-4-5-6-7-8-9-10-11-12-16-20(27)22-18-14-13-15-19(17-18)26-21(28)23-24-25-26/h13-15,17H,2-12,16H2,1H3,(H,22,27)(H,23,25,28). The first-order valence-electron chi connectivity index (χ1n) is 10.6. The summed E-state index contributed by atoms with van der Waals surface area (Å²) in [7, 11) is 0. The highest BCUT2D eigenvalue weighted by Gasteiger charge is 2.05. The lowest BCUT2D eigenvalue weighted by atomic mass is 10.1. The van der Waals surface area contributed by atoms with E-state index in [0.717, 1.165) is 24.2 Å². The SMILES string of the molecule is CCCCCCCCCCCCCC(=O)Nc1cccc(-n2[nH]nnc2=S)c1. The first-order valence-corrected chi connectivity index (χ1v) is 11.0. The molecule has 2 aromatic rings. The minimum absolute atomic E-state index is 0.0550. The smallest absolute Gasteiger partial charge is 0.242 e. The second kappa shape index (κ2) is 13.2. The predicted octanol–water partition coefficient (Wildman–Crippen LogP) is 5.96. The van der Waals surface area contributed by atoms with Gasteiger partial charge in [0.15, 0.2) is 0 Å². The summed E-state index contributed by atoms with van der Waals surface area (Å²) in [6, 6.07) is 7.48. The number of hydrogen-bond acceptors (Lipinski definition) is 4. The number of aromatic nitrogens is 4. The van der Waals surface area contributed by atoms with Crippen LogP contribution in [0.5, 0.6) is 0 Å². The number of hydrogen-bond donors (Lipinski definition) is 2. The van der Waals surface area contributed by atoms with E-state index in [1.807, 2.05) is 24.3 Å². The Hall–Kier alpha value is -2.02. The summed E-state index contributed by atoms with van der Waals surface area (Å²) in [6.45, 7) is 2.26. The first-order chi connectivity index (χ1) is 13.7. The summed E-state index contributed by atoms with van der Waals surface area (Å²) in [4.78, 5) is 12.2. The summed E-state index contributed by atoms with van der Waals surface area (Å²) >= 11 is 5.10. The van der Waals surface area contributed by atoms with E-state index in [4.69, 9.17) is 12.2 Å². The summed E-state index contributed by atoms with van der Waals surface area (Å²) in [5.74, 6) is 0.0550. The predicted molar refractivity (Wildman–Crippen MR) is 116 cm³/mol. The zero-order valence-electron chi connectivity index (χ0n) is 17.0. The third-order valence-electron chi connectivity index (χ3n) is 4.87. The van der Waals surface area contributed by atoms with Gasteiger partial charge in [-0.1, -0.05) is 87.5 Å². The molecule has 0 saturated carbocycles. The number of amides is 1. The fraction of sp³-hybridized carbons (Fsp3) is 0.619. The quantitative estimate of drug-likeness (QED) is 0.301. The van der Waals surface area contributed by atoms with Gasteiger partial charge in [0.05, 0.1) is 5.69 Å². The fourth-order valence-corrected chi connectivity index (χ4v) is 3.45. The van der Waals surface area contributed by atoms with Crippen LogP contribution in [0.1, 0.15) is 84.0 Å². The van der Waals surface area contributed by atoms with E-state index in [9.17, 15) is 4.79 Å². The molecule has 154 valence electrons. The number of nitrogens with zero attached hydrogens (tertiary/aromatic N) is 3. The topological polar surface area (TPSA) is 75.6 Å². The van der Waals surface area contributed by atoms with Crippen molar-refractivity contribution in [2.75, 3.05) is 5.32 Å². The number of nitrogens with one attached hydrogen (secondary N) is 2. The Bertz CT molecular complexity index is 755. The zero-order valence-corrected chi connectivity index (χ0v) is 17.8. The molecule has 7 heteroatoms. The van der Waals surface area contributed by atoms with E-state index in [-0.39, 0.29) is 5.91 Å². The lowest BCUT2D eigenvalue weighted by molar-refractivity contribution is -0.116. The van der Waals surface area contributed by atoms with Crippen molar-refractivity contribution in [2.45, 2.75) is 84.0 Å². The monoisotopic (exact) mass is 403 g/mol. The van der Waals surface area contributed by atoms with Crippen molar-refractivity contribution < 1.29 is 4.79 Å². The Balaban J connectivity index is 1.57. The summed E-state index contributed by atoms with van der Waals surface area (Å²) in [6.07, 6.45) is 14.7. The van der Waals surface area contributed by atoms with Gasteiger partial charge in [-0.15, -0.1) is 0 Å². The maximum Gasteiger partial charge on any atom is 0.242 e. The Labute approximate surface area is 173 Å². The van der Waals surface area contributed by atoms with Crippen LogP contribution in [0.15, 0.2) is 24.3 Å². The number of tetrazole rings is 1. The highest BCUT2D eigenvalue weighted by Crippen LogP contribution is 2.15. The molecule has 0 bridgehead atoms. The summed E-state index contributed by atoms with van der Waals surface area (Å²) < 4.78 is 1.94. The largest absolute Gasteiger partial charge is 0.326 e. The molecule has 1 aromatic heterocycles. The molecule has 28 heavy (non-hydrogen) atoms. The third kappa shape index (κ3) is 8.33. The van der Waals surface area contributed by atoms with E-state index in [0.29, 0.717) is 11.2 Å². The Morgan fingerprint density at radius 1 is 1.04 bits per heavy atom. The van der Waals surface area contributed by atoms with E-state index in [1.54, 1.807) is 4.68 Å². The van der Waals surface area contributed by atoms with Crippen molar-refractivity contribution in [3.63, 3.8) is 0 Å². The average Bonchev–Trinajstić information content (AvgIpc) is 3.12. The Morgan fingerprint density at radius 3 is 2.29 bits per heavy atom. The highest BCUT2D eigenvalue weighted by molar-refractivity contribution is 7.71. The van der Waals surface area contributed by atoms with Crippen LogP contribution in [0.4, 0.5) is 5.69 Å². The maximum absolute atomic E-state index is 12.2. The molecule has 2 N–H and O–H groups in total. The van der Waals surface area contributed by atoms with Gasteiger partial charge < -0.3 is 5.32 Å². The molecule has 6 nitrogen and oxygen atoms in total. The number of anilines is 1. The molecule has 1 aromatic carbocycles. The van der Waals surface area contributed by atoms with E-state index < -0.39 is 0 Å². The fourth-order valence-electron chi connectivity index (χ4n) is 3.26. The highest BCUT2D eigenvalue weighted by atomic mass is 32.1. The van der Waals surface area contributed by atoms with Gasteiger partial charge in [0.1, 0.15) is 0 Å². The maximum atomic E-state index is 12.2. The third-order valence-corrected chi connectivity index (χ3v) is 5.13. The van der Waals surface area contributed by atoms with E-state index >= 15 is 0 Å². The molecule has 0 spiro atoms. The minimum atomic E-state index is 0.0550. The van der Waals surface area contributed by atoms with Gasteiger partial charge in [0.2, 0.25) is 10.7 Å². The van der Waals surface area contributed by atoms with Crippen molar-refractivity contribution in [2.24, 2.45) is 0 Å². The van der Waals surface area contributed by atoms with Gasteiger partial charge in [0.25, 0.3) is 0 Å². The van der Waals surface area contributed by atoms with Crippen molar-refractivity contribution in [1.82, 2.24) is 20.2 Å². The van der Waals surface area contributed by atoms with Gasteiger partial charge in [-0.2, -0.15) is 5.21 Å². The molecule has 0 aliphatic carbocycles. The number of carbonyl (C=O) groups is 1. The summed E-state index contributed by atoms with van der Waals surface area (Å²) in [5, 5.41) is 13.1. The zero-order chi connectivity index (χ0) is 20.0. The van der Waals surface area contributed by atoms with Gasteiger partial charge in [-0.3, -0.25) is 4.79 Å². The van der Waals surface area contributed by atoms with Crippen molar-refractivity contribution >= 4 is 23.8 Å². The van der Waals surface area contributed by atoms with Crippen molar-refractivity contribution in [1.29, 1.82) is 0 Å². The number of H-pyrrole nitrogens is 1. The normalized spacial score (nSPS) is 10.9. The number of unbranched alkanes of at least 4 members (excludes halogenated alkanes) is 10. The van der Waals surface area contributed by atoms with E-state index in [1.165, 1.54) is 57.8 Å². The van der Waals surface area contributed by atoms with Crippen LogP contribution in [0.2, 0.25) is 0 Å². The van der Waals surface area contributed by atoms with Crippen LogP contribution >= 0.6 is 12.2 Å². The molecule has 1 heterocycles. The van der Waals surface area contributed by atoms with Gasteiger partial charge in [-0.05, 0) is 36.8 Å². The molecule has 0 atom stereocenters. The van der Waals surface area contributed by atoms with Crippen LogP contribution in [-0.2, 0) is 4.79 Å². The van der Waals surface area contributed by atoms with Crippen molar-refractivity contribution in [3.05, 3.63) is 29.0 Å². The molecule has 0 aliphatic rings. The van der Waals surface area contributed by atoms with E-state index in [2.05, 4.69) is 27.8 Å². The minimum Gasteiger partial charge on any atom is -0.326 e. The van der Waals surface area contributed by atoms with Crippen LogP contribution in [0, 0.1) is 4.77 Å². The van der Waals surface area contributed by atoms with Crippen LogP contribution < -0.4 is 5.32 Å². The molecule has 0 fully saturated rings. The van der Waals surface area contributed by atoms with Crippen LogP contribution in [0.3, 0.4) is 0 Å². The Kier molecular flexibility index (Phi) is 10.5. The first kappa shape index (κ1) is 22.3. The number of benzene rings is 1. The average molecular weight is 404 g/mol. The van der Waals surface area contributed by atoms with Gasteiger partial charge >= 0.3 is 0 Å². The number of rotatable bonds is 14. The lowest BCUT2D eigenvalue weighted by Crippen LogP contribution is -2.11. The molecule has 0 radical (unpaired) electrons. The van der Waals surface area contributed by atoms with Crippen LogP contribution in [-0.4, -0.2) is 26.1 Å². The van der Waals surface area contributed by atoms with Crippen molar-refractivity contribution in [3.8, 4) is 5.69 Å². The Morgan fingerprint density at radius 2 is 1.68 bits per heavy atom. The lowest BCUT2D eigenvalue weighted by Gasteiger charge is -2.07. The van der Waals surface area contributed by atoms with Crippen LogP contribution in [0.25, 0.3) is 5.69 Å². The molecule has 0 aliphatic heterocycles. The number of carbonyl (C=O) groups excluding carboxylic acids is 1. The molecule has 2 rings (SSSR count). The molecule has 1 amide bonds. The second-order valence-electron chi connectivity index (χ2n) is 7.30.